The standard InChI is InChI=1S/C38H42F5N5O5S/c1-46(29-12-17-53-23-29)37(14-10-26-6-4-7-28(18-26)38(41,42)43)13-5-16-47(24-37)30-19-32(39)36(33(40)20-30)54(49,50)48(35-11-15-44-25-45-35)22-27-8-9-31(51-2)21-34(27)52-3/h4,6-9,11,15,18-21,25,29H,5,10,12-14,16-17,22-24H2,1-3H3/t29-,37+/m1/s1. The molecule has 54 heavy (non-hydrogen) atoms. The first kappa shape index (κ1) is 39.2. The van der Waals surface area contributed by atoms with Gasteiger partial charge in [-0.15, -0.1) is 0 Å². The lowest BCUT2D eigenvalue weighted by atomic mass is 9.80. The van der Waals surface area contributed by atoms with Crippen molar-refractivity contribution in [1.29, 1.82) is 0 Å². The number of piperidine rings is 1. The lowest BCUT2D eigenvalue weighted by molar-refractivity contribution is -0.137. The fraction of sp³-hybridized carbons (Fsp3) is 0.421. The van der Waals surface area contributed by atoms with E-state index in [1.807, 2.05) is 11.9 Å². The van der Waals surface area contributed by atoms with E-state index >= 15 is 8.78 Å². The summed E-state index contributed by atoms with van der Waals surface area (Å²) in [4.78, 5) is 10.8. The molecule has 6 rings (SSSR count). The molecule has 2 aliphatic heterocycles. The van der Waals surface area contributed by atoms with Gasteiger partial charge in [0.2, 0.25) is 0 Å². The Kier molecular flexibility index (Phi) is 11.6. The van der Waals surface area contributed by atoms with E-state index in [1.165, 1.54) is 32.5 Å². The Hall–Kier alpha value is -4.54. The van der Waals surface area contributed by atoms with Gasteiger partial charge in [0.15, 0.2) is 4.90 Å². The number of methoxy groups -OCH3 is 2. The molecule has 0 aliphatic carbocycles. The normalized spacial score (nSPS) is 19.3. The largest absolute Gasteiger partial charge is 0.497 e. The minimum atomic E-state index is -4.92. The summed E-state index contributed by atoms with van der Waals surface area (Å²) in [6, 6.07) is 13.4. The summed E-state index contributed by atoms with van der Waals surface area (Å²) in [5, 5.41) is 0. The molecule has 3 aromatic carbocycles. The van der Waals surface area contributed by atoms with Crippen molar-refractivity contribution < 1.29 is 44.6 Å². The molecule has 0 amide bonds. The van der Waals surface area contributed by atoms with Gasteiger partial charge in [-0.2, -0.15) is 13.2 Å². The van der Waals surface area contributed by atoms with Crippen molar-refractivity contribution in [3.8, 4) is 11.5 Å². The fourth-order valence-corrected chi connectivity index (χ4v) is 8.93. The molecule has 10 nitrogen and oxygen atoms in total. The van der Waals surface area contributed by atoms with Crippen LogP contribution in [0.5, 0.6) is 11.5 Å². The molecule has 2 fully saturated rings. The van der Waals surface area contributed by atoms with E-state index in [-0.39, 0.29) is 29.8 Å². The molecule has 0 N–H and O–H groups in total. The van der Waals surface area contributed by atoms with Gasteiger partial charge >= 0.3 is 6.18 Å². The number of sulfonamides is 1. The second-order valence-corrected chi connectivity index (χ2v) is 15.4. The molecule has 0 saturated carbocycles. The van der Waals surface area contributed by atoms with Crippen LogP contribution in [-0.2, 0) is 33.9 Å². The lowest BCUT2D eigenvalue weighted by Crippen LogP contribution is -2.60. The van der Waals surface area contributed by atoms with Crippen molar-refractivity contribution in [2.24, 2.45) is 0 Å². The second-order valence-electron chi connectivity index (χ2n) is 13.6. The number of ether oxygens (including phenoxy) is 3. The van der Waals surface area contributed by atoms with Crippen molar-refractivity contribution >= 4 is 21.5 Å². The number of benzene rings is 3. The summed E-state index contributed by atoms with van der Waals surface area (Å²) >= 11 is 0. The average molecular weight is 776 g/mol. The molecule has 0 bridgehead atoms. The minimum Gasteiger partial charge on any atom is -0.497 e. The van der Waals surface area contributed by atoms with Gasteiger partial charge in [-0.05, 0) is 75.0 Å². The Morgan fingerprint density at radius 2 is 1.81 bits per heavy atom. The zero-order valence-electron chi connectivity index (χ0n) is 30.2. The number of aromatic nitrogens is 2. The van der Waals surface area contributed by atoms with E-state index in [4.69, 9.17) is 14.2 Å². The van der Waals surface area contributed by atoms with Gasteiger partial charge in [0.1, 0.15) is 35.3 Å². The summed E-state index contributed by atoms with van der Waals surface area (Å²) in [6.45, 7) is 1.41. The monoisotopic (exact) mass is 775 g/mol. The number of alkyl halides is 3. The predicted molar refractivity (Wildman–Crippen MR) is 192 cm³/mol. The zero-order valence-corrected chi connectivity index (χ0v) is 31.0. The number of hydrogen-bond donors (Lipinski definition) is 0. The van der Waals surface area contributed by atoms with Gasteiger partial charge in [-0.1, -0.05) is 18.2 Å². The van der Waals surface area contributed by atoms with Crippen LogP contribution in [0.15, 0.2) is 78.1 Å². The number of likely N-dealkylation sites (N-methyl/N-ethyl adjacent to an activating group) is 1. The number of anilines is 2. The molecule has 0 radical (unpaired) electrons. The molecule has 0 unspecified atom stereocenters. The molecule has 16 heteroatoms. The van der Waals surface area contributed by atoms with E-state index in [9.17, 15) is 21.6 Å². The first-order valence-electron chi connectivity index (χ1n) is 17.5. The third kappa shape index (κ3) is 8.25. The van der Waals surface area contributed by atoms with Crippen LogP contribution in [-0.4, -0.2) is 82.4 Å². The topological polar surface area (TPSA) is 97.3 Å². The Balaban J connectivity index is 1.32. The van der Waals surface area contributed by atoms with E-state index in [0.29, 0.717) is 68.9 Å². The zero-order chi connectivity index (χ0) is 38.7. The van der Waals surface area contributed by atoms with Gasteiger partial charge in [-0.3, -0.25) is 4.90 Å². The van der Waals surface area contributed by atoms with E-state index in [0.717, 1.165) is 41.3 Å². The number of aryl methyl sites for hydroxylation is 1. The number of nitrogens with zero attached hydrogens (tertiary/aromatic N) is 5. The van der Waals surface area contributed by atoms with Crippen LogP contribution >= 0.6 is 0 Å². The molecule has 3 heterocycles. The molecule has 2 atom stereocenters. The third-order valence-corrected chi connectivity index (χ3v) is 12.2. The summed E-state index contributed by atoms with van der Waals surface area (Å²) in [7, 11) is -0.0837. The smallest absolute Gasteiger partial charge is 0.416 e. The maximum atomic E-state index is 16.3. The Morgan fingerprint density at radius 1 is 1.04 bits per heavy atom. The summed E-state index contributed by atoms with van der Waals surface area (Å²) in [6.07, 6.45) is 0.855. The number of hydrogen-bond acceptors (Lipinski definition) is 9. The SMILES string of the molecule is COc1ccc(CN(c2ccncn2)S(=O)(=O)c2c(F)cc(N3CCC[C@@](CCc4cccc(C(F)(F)F)c4)(N(C)[C@@H]4CCOC4)C3)cc2F)c(OC)c1. The highest BCUT2D eigenvalue weighted by Crippen LogP contribution is 2.39. The second kappa shape index (κ2) is 16.1. The molecule has 2 aliphatic rings. The van der Waals surface area contributed by atoms with Crippen molar-refractivity contribution in [2.75, 3.05) is 56.8 Å². The van der Waals surface area contributed by atoms with Gasteiger partial charge in [-0.25, -0.2) is 31.5 Å². The van der Waals surface area contributed by atoms with Crippen molar-refractivity contribution in [1.82, 2.24) is 14.9 Å². The molecule has 2 saturated heterocycles. The Morgan fingerprint density at radius 3 is 2.46 bits per heavy atom. The van der Waals surface area contributed by atoms with E-state index in [1.54, 1.807) is 24.3 Å². The third-order valence-electron chi connectivity index (χ3n) is 10.4. The van der Waals surface area contributed by atoms with Crippen LogP contribution in [0, 0.1) is 11.6 Å². The molecule has 1 aromatic heterocycles. The van der Waals surface area contributed by atoms with Crippen molar-refractivity contribution in [3.63, 3.8) is 0 Å². The Bertz CT molecular complexity index is 2010. The molecular weight excluding hydrogens is 734 g/mol. The fourth-order valence-electron chi connectivity index (χ4n) is 7.44. The van der Waals surface area contributed by atoms with Gasteiger partial charge in [0.25, 0.3) is 10.0 Å². The lowest BCUT2D eigenvalue weighted by Gasteiger charge is -2.51. The average Bonchev–Trinajstić information content (AvgIpc) is 3.71. The highest BCUT2D eigenvalue weighted by molar-refractivity contribution is 7.92. The molecule has 0 spiro atoms. The van der Waals surface area contributed by atoms with Crippen LogP contribution in [0.4, 0.5) is 33.5 Å². The van der Waals surface area contributed by atoms with Gasteiger partial charge in [0, 0.05) is 60.9 Å². The van der Waals surface area contributed by atoms with Crippen LogP contribution in [0.2, 0.25) is 0 Å². The van der Waals surface area contributed by atoms with Crippen LogP contribution in [0.1, 0.15) is 42.4 Å². The van der Waals surface area contributed by atoms with Crippen molar-refractivity contribution in [2.45, 2.75) is 61.3 Å². The first-order chi connectivity index (χ1) is 25.8. The molecule has 290 valence electrons. The number of halogens is 5. The summed E-state index contributed by atoms with van der Waals surface area (Å²) in [5.74, 6) is -1.95. The highest BCUT2D eigenvalue weighted by Gasteiger charge is 2.43. The van der Waals surface area contributed by atoms with E-state index in [2.05, 4.69) is 14.9 Å². The number of rotatable bonds is 13. The minimum absolute atomic E-state index is 0.0459. The van der Waals surface area contributed by atoms with Gasteiger partial charge in [0.05, 0.1) is 32.9 Å². The summed E-state index contributed by atoms with van der Waals surface area (Å²) in [5.41, 5.74) is -0.258. The van der Waals surface area contributed by atoms with Crippen LogP contribution in [0.3, 0.4) is 0 Å². The van der Waals surface area contributed by atoms with Crippen LogP contribution < -0.4 is 18.7 Å². The molecule has 4 aromatic rings. The first-order valence-corrected chi connectivity index (χ1v) is 18.9. The maximum Gasteiger partial charge on any atom is 0.416 e. The molecular formula is C38H42F5N5O5S. The highest BCUT2D eigenvalue weighted by atomic mass is 32.2. The summed E-state index contributed by atoms with van der Waals surface area (Å²) < 4.78 is 119. The van der Waals surface area contributed by atoms with E-state index < -0.39 is 43.8 Å². The Labute approximate surface area is 311 Å². The quantitative estimate of drug-likeness (QED) is 0.135. The van der Waals surface area contributed by atoms with Gasteiger partial charge < -0.3 is 19.1 Å². The van der Waals surface area contributed by atoms with Crippen LogP contribution in [0.25, 0.3) is 0 Å². The van der Waals surface area contributed by atoms with Crippen molar-refractivity contribution in [3.05, 3.63) is 102 Å². The predicted octanol–water partition coefficient (Wildman–Crippen LogP) is 6.88. The maximum absolute atomic E-state index is 16.3.